The van der Waals surface area contributed by atoms with E-state index >= 15 is 0 Å². The van der Waals surface area contributed by atoms with Crippen LogP contribution < -0.4 is 5.73 Å². The van der Waals surface area contributed by atoms with Crippen LogP contribution in [-0.2, 0) is 4.74 Å². The Hall–Kier alpha value is -0.0800. The highest BCUT2D eigenvalue weighted by Gasteiger charge is 2.42. The van der Waals surface area contributed by atoms with Crippen molar-refractivity contribution in [2.24, 2.45) is 23.0 Å². The first-order chi connectivity index (χ1) is 6.25. The van der Waals surface area contributed by atoms with E-state index in [0.29, 0.717) is 17.9 Å². The zero-order valence-electron chi connectivity index (χ0n) is 10.4. The monoisotopic (exact) mass is 199 g/mol. The molecule has 0 bridgehead atoms. The van der Waals surface area contributed by atoms with Gasteiger partial charge in [0.05, 0.1) is 12.2 Å². The van der Waals surface area contributed by atoms with Gasteiger partial charge in [-0.05, 0) is 24.2 Å². The van der Waals surface area contributed by atoms with Gasteiger partial charge in [-0.2, -0.15) is 0 Å². The minimum atomic E-state index is 0.141. The number of hydrogen-bond donors (Lipinski definition) is 1. The number of nitrogens with two attached hydrogens (primary N) is 1. The molecule has 1 saturated heterocycles. The summed E-state index contributed by atoms with van der Waals surface area (Å²) in [6.07, 6.45) is 0.512. The van der Waals surface area contributed by atoms with E-state index in [0.717, 1.165) is 0 Å². The third-order valence-corrected chi connectivity index (χ3v) is 3.74. The summed E-state index contributed by atoms with van der Waals surface area (Å²) in [7, 11) is 0. The van der Waals surface area contributed by atoms with Crippen LogP contribution in [0.15, 0.2) is 0 Å². The highest BCUT2D eigenvalue weighted by Crippen LogP contribution is 2.36. The van der Waals surface area contributed by atoms with E-state index in [1.54, 1.807) is 0 Å². The molecule has 0 amide bonds. The van der Waals surface area contributed by atoms with Crippen LogP contribution in [0.1, 0.15) is 41.5 Å². The molecule has 1 fully saturated rings. The summed E-state index contributed by atoms with van der Waals surface area (Å²) in [6.45, 7) is 13.2. The van der Waals surface area contributed by atoms with Gasteiger partial charge in [0.15, 0.2) is 0 Å². The predicted octanol–water partition coefficient (Wildman–Crippen LogP) is 2.42. The highest BCUT2D eigenvalue weighted by molar-refractivity contribution is 4.94. The van der Waals surface area contributed by atoms with E-state index in [4.69, 9.17) is 10.5 Å². The van der Waals surface area contributed by atoms with E-state index in [1.165, 1.54) is 0 Å². The minimum Gasteiger partial charge on any atom is -0.373 e. The molecule has 1 rings (SSSR count). The van der Waals surface area contributed by atoms with Gasteiger partial charge in [0, 0.05) is 6.04 Å². The van der Waals surface area contributed by atoms with Crippen LogP contribution in [-0.4, -0.2) is 18.2 Å². The fraction of sp³-hybridized carbons (Fsp3) is 1.00. The number of hydrogen-bond acceptors (Lipinski definition) is 2. The summed E-state index contributed by atoms with van der Waals surface area (Å²) < 4.78 is 6.02. The topological polar surface area (TPSA) is 35.2 Å². The molecule has 1 heterocycles. The van der Waals surface area contributed by atoms with Crippen molar-refractivity contribution in [3.63, 3.8) is 0 Å². The molecule has 0 aromatic carbocycles. The zero-order chi connectivity index (χ0) is 11.1. The lowest BCUT2D eigenvalue weighted by Crippen LogP contribution is -2.57. The summed E-state index contributed by atoms with van der Waals surface area (Å²) in [5, 5.41) is 0. The van der Waals surface area contributed by atoms with Crippen LogP contribution in [0.5, 0.6) is 0 Å². The summed E-state index contributed by atoms with van der Waals surface area (Å²) in [5.74, 6) is 1.10. The molecule has 4 unspecified atom stereocenters. The Morgan fingerprint density at radius 3 is 1.93 bits per heavy atom. The zero-order valence-corrected chi connectivity index (χ0v) is 10.4. The second-order valence-corrected chi connectivity index (χ2v) is 5.92. The molecular formula is C12H25NO. The molecule has 0 spiro atoms. The van der Waals surface area contributed by atoms with Gasteiger partial charge in [0.1, 0.15) is 0 Å². The molecule has 0 aromatic rings. The van der Waals surface area contributed by atoms with Crippen molar-refractivity contribution in [1.82, 2.24) is 0 Å². The first-order valence-corrected chi connectivity index (χ1v) is 5.66. The maximum atomic E-state index is 6.24. The third-order valence-electron chi connectivity index (χ3n) is 3.74. The second-order valence-electron chi connectivity index (χ2n) is 5.92. The van der Waals surface area contributed by atoms with Gasteiger partial charge in [-0.3, -0.25) is 0 Å². The predicted molar refractivity (Wildman–Crippen MR) is 60.1 cm³/mol. The third kappa shape index (κ3) is 2.12. The Bertz CT molecular complexity index is 197. The molecule has 84 valence electrons. The van der Waals surface area contributed by atoms with Crippen molar-refractivity contribution in [1.29, 1.82) is 0 Å². The van der Waals surface area contributed by atoms with E-state index < -0.39 is 0 Å². The Labute approximate surface area is 88.2 Å². The first-order valence-electron chi connectivity index (χ1n) is 5.66. The summed E-state index contributed by atoms with van der Waals surface area (Å²) in [5.41, 5.74) is 6.38. The van der Waals surface area contributed by atoms with E-state index in [9.17, 15) is 0 Å². The van der Waals surface area contributed by atoms with Crippen LogP contribution in [0.2, 0.25) is 0 Å². The molecule has 5 atom stereocenters. The summed E-state index contributed by atoms with van der Waals surface area (Å²) >= 11 is 0. The Morgan fingerprint density at radius 2 is 1.50 bits per heavy atom. The molecule has 2 nitrogen and oxygen atoms in total. The molecule has 0 aliphatic carbocycles. The van der Waals surface area contributed by atoms with E-state index in [1.807, 2.05) is 0 Å². The van der Waals surface area contributed by atoms with Crippen LogP contribution in [0.25, 0.3) is 0 Å². The van der Waals surface area contributed by atoms with Crippen molar-refractivity contribution < 1.29 is 4.74 Å². The normalized spacial score (nSPS) is 45.2. The standard InChI is InChI=1S/C12H25NO/c1-7-8(2)10(13)11(12(4,5)6)14-9(7)3/h7-11H,13H2,1-6H3/t7?,8?,9?,10-,11?/m1/s1. The van der Waals surface area contributed by atoms with Crippen LogP contribution >= 0.6 is 0 Å². The molecule has 14 heavy (non-hydrogen) atoms. The lowest BCUT2D eigenvalue weighted by atomic mass is 9.73. The fourth-order valence-corrected chi connectivity index (χ4v) is 2.28. The van der Waals surface area contributed by atoms with Gasteiger partial charge in [-0.25, -0.2) is 0 Å². The highest BCUT2D eigenvalue weighted by atomic mass is 16.5. The van der Waals surface area contributed by atoms with Gasteiger partial charge >= 0.3 is 0 Å². The van der Waals surface area contributed by atoms with Crippen LogP contribution in [0.4, 0.5) is 0 Å². The Balaban J connectivity index is 2.81. The Morgan fingerprint density at radius 1 is 1.00 bits per heavy atom. The molecule has 0 radical (unpaired) electrons. The molecule has 1 aliphatic rings. The van der Waals surface area contributed by atoms with Crippen molar-refractivity contribution in [2.45, 2.75) is 59.8 Å². The largest absolute Gasteiger partial charge is 0.373 e. The van der Waals surface area contributed by atoms with Crippen molar-refractivity contribution >= 4 is 0 Å². The lowest BCUT2D eigenvalue weighted by molar-refractivity contribution is -0.144. The first kappa shape index (κ1) is 12.0. The quantitative estimate of drug-likeness (QED) is 0.650. The molecule has 2 N–H and O–H groups in total. The Kier molecular flexibility index (Phi) is 3.27. The average Bonchev–Trinajstić information content (AvgIpc) is 2.06. The number of rotatable bonds is 0. The maximum absolute atomic E-state index is 6.24. The van der Waals surface area contributed by atoms with Crippen molar-refractivity contribution in [3.05, 3.63) is 0 Å². The average molecular weight is 199 g/mol. The van der Waals surface area contributed by atoms with E-state index in [-0.39, 0.29) is 17.6 Å². The van der Waals surface area contributed by atoms with Gasteiger partial charge in [-0.15, -0.1) is 0 Å². The smallest absolute Gasteiger partial charge is 0.0780 e. The minimum absolute atomic E-state index is 0.141. The second kappa shape index (κ2) is 3.82. The molecular weight excluding hydrogens is 174 g/mol. The lowest BCUT2D eigenvalue weighted by Gasteiger charge is -2.47. The molecule has 1 aliphatic heterocycles. The maximum Gasteiger partial charge on any atom is 0.0780 e. The van der Waals surface area contributed by atoms with Gasteiger partial charge in [-0.1, -0.05) is 34.6 Å². The van der Waals surface area contributed by atoms with E-state index in [2.05, 4.69) is 41.5 Å². The number of ether oxygens (including phenoxy) is 1. The molecule has 2 heteroatoms. The molecule has 0 saturated carbocycles. The SMILES string of the molecule is CC1OC(C(C)(C)C)[C@H](N)C(C)C1C. The van der Waals surface area contributed by atoms with Crippen molar-refractivity contribution in [2.75, 3.05) is 0 Å². The van der Waals surface area contributed by atoms with Gasteiger partial charge in [0.2, 0.25) is 0 Å². The fourth-order valence-electron chi connectivity index (χ4n) is 2.28. The molecule has 0 aromatic heterocycles. The van der Waals surface area contributed by atoms with Crippen molar-refractivity contribution in [3.8, 4) is 0 Å². The van der Waals surface area contributed by atoms with Gasteiger partial charge in [0.25, 0.3) is 0 Å². The van der Waals surface area contributed by atoms with Gasteiger partial charge < -0.3 is 10.5 Å². The van der Waals surface area contributed by atoms with Crippen LogP contribution in [0, 0.1) is 17.3 Å². The van der Waals surface area contributed by atoms with Crippen LogP contribution in [0.3, 0.4) is 0 Å². The summed E-state index contributed by atoms with van der Waals surface area (Å²) in [4.78, 5) is 0. The summed E-state index contributed by atoms with van der Waals surface area (Å²) in [6, 6.07) is 0.168.